The van der Waals surface area contributed by atoms with Crippen LogP contribution >= 0.6 is 11.8 Å². The molecule has 0 unspecified atom stereocenters. The second kappa shape index (κ2) is 5.92. The maximum atomic E-state index is 11.9. The number of carbonyl (C=O) groups excluding carboxylic acids is 1. The number of nitrogens with zero attached hydrogens (tertiary/aromatic N) is 1. The summed E-state index contributed by atoms with van der Waals surface area (Å²) in [5.41, 5.74) is 1.07. The van der Waals surface area contributed by atoms with Gasteiger partial charge in [0.1, 0.15) is 0 Å². The number of amides is 1. The van der Waals surface area contributed by atoms with E-state index in [0.29, 0.717) is 5.25 Å². The molecule has 0 aliphatic carbocycles. The third-order valence-corrected chi connectivity index (χ3v) is 4.06. The van der Waals surface area contributed by atoms with Gasteiger partial charge < -0.3 is 4.90 Å². The molecule has 0 aromatic heterocycles. The molecule has 3 heteroatoms. The maximum Gasteiger partial charge on any atom is 0.246 e. The van der Waals surface area contributed by atoms with Gasteiger partial charge in [-0.15, -0.1) is 0 Å². The predicted octanol–water partition coefficient (Wildman–Crippen LogP) is 2.66. The highest BCUT2D eigenvalue weighted by Gasteiger charge is 2.23. The molecule has 1 saturated heterocycles. The summed E-state index contributed by atoms with van der Waals surface area (Å²) in [6, 6.07) is 9.92. The zero-order valence-electron chi connectivity index (χ0n) is 10.0. The molecule has 0 saturated carbocycles. The van der Waals surface area contributed by atoms with E-state index in [1.807, 2.05) is 53.1 Å². The molecular formula is C14H17NOS. The summed E-state index contributed by atoms with van der Waals surface area (Å²) in [6.07, 6.45) is 6.79. The molecule has 1 atom stereocenters. The maximum absolute atomic E-state index is 11.9. The first-order valence-electron chi connectivity index (χ1n) is 5.84. The molecule has 1 aliphatic rings. The van der Waals surface area contributed by atoms with Crippen LogP contribution in [0.2, 0.25) is 0 Å². The van der Waals surface area contributed by atoms with E-state index in [4.69, 9.17) is 0 Å². The van der Waals surface area contributed by atoms with Crippen LogP contribution in [0.5, 0.6) is 0 Å². The number of rotatable bonds is 3. The fourth-order valence-corrected chi connectivity index (χ4v) is 2.63. The van der Waals surface area contributed by atoms with Gasteiger partial charge in [-0.1, -0.05) is 30.3 Å². The van der Waals surface area contributed by atoms with Crippen molar-refractivity contribution in [3.05, 3.63) is 42.0 Å². The highest BCUT2D eigenvalue weighted by Crippen LogP contribution is 2.20. The molecule has 2 nitrogen and oxygen atoms in total. The van der Waals surface area contributed by atoms with Crippen LogP contribution in [-0.2, 0) is 4.79 Å². The average Bonchev–Trinajstić information content (AvgIpc) is 2.86. The first-order chi connectivity index (χ1) is 8.29. The molecule has 1 fully saturated rings. The summed E-state index contributed by atoms with van der Waals surface area (Å²) in [7, 11) is 0. The van der Waals surface area contributed by atoms with Gasteiger partial charge >= 0.3 is 0 Å². The van der Waals surface area contributed by atoms with Gasteiger partial charge in [0, 0.05) is 24.4 Å². The van der Waals surface area contributed by atoms with Gasteiger partial charge in [0.15, 0.2) is 0 Å². The first kappa shape index (κ1) is 12.2. The SMILES string of the molecule is CS[C@@H]1CCN(C(=O)/C=C/c2ccccc2)C1. The fraction of sp³-hybridized carbons (Fsp3) is 0.357. The standard InChI is InChI=1S/C14H17NOS/c1-17-13-9-10-15(11-13)14(16)8-7-12-5-3-2-4-6-12/h2-8,13H,9-11H2,1H3/b8-7+/t13-/m1/s1. The topological polar surface area (TPSA) is 20.3 Å². The van der Waals surface area contributed by atoms with E-state index in [0.717, 1.165) is 25.1 Å². The minimum absolute atomic E-state index is 0.130. The molecule has 2 rings (SSSR count). The molecular weight excluding hydrogens is 230 g/mol. The van der Waals surface area contributed by atoms with Crippen molar-refractivity contribution in [3.8, 4) is 0 Å². The lowest BCUT2D eigenvalue weighted by molar-refractivity contribution is -0.124. The number of thioether (sulfide) groups is 1. The quantitative estimate of drug-likeness (QED) is 0.765. The Hall–Kier alpha value is -1.22. The van der Waals surface area contributed by atoms with E-state index < -0.39 is 0 Å². The second-order valence-electron chi connectivity index (χ2n) is 4.17. The molecule has 1 aromatic rings. The number of likely N-dealkylation sites (tertiary alicyclic amines) is 1. The number of benzene rings is 1. The Morgan fingerprint density at radius 1 is 1.41 bits per heavy atom. The van der Waals surface area contributed by atoms with Crippen LogP contribution in [0, 0.1) is 0 Å². The summed E-state index contributed by atoms with van der Waals surface area (Å²) in [5, 5.41) is 0.615. The molecule has 0 spiro atoms. The zero-order chi connectivity index (χ0) is 12.1. The van der Waals surface area contributed by atoms with E-state index >= 15 is 0 Å². The van der Waals surface area contributed by atoms with Crippen LogP contribution < -0.4 is 0 Å². The van der Waals surface area contributed by atoms with Gasteiger partial charge in [0.2, 0.25) is 5.91 Å². The van der Waals surface area contributed by atoms with Crippen molar-refractivity contribution in [2.24, 2.45) is 0 Å². The number of hydrogen-bond donors (Lipinski definition) is 0. The molecule has 0 radical (unpaired) electrons. The normalized spacial score (nSPS) is 20.1. The number of hydrogen-bond acceptors (Lipinski definition) is 2. The smallest absolute Gasteiger partial charge is 0.246 e. The Balaban J connectivity index is 1.92. The molecule has 1 heterocycles. The predicted molar refractivity (Wildman–Crippen MR) is 74.0 cm³/mol. The van der Waals surface area contributed by atoms with Crippen molar-refractivity contribution in [2.75, 3.05) is 19.3 Å². The molecule has 90 valence electrons. The van der Waals surface area contributed by atoms with Crippen LogP contribution in [0.3, 0.4) is 0 Å². The Bertz CT molecular complexity index is 402. The Morgan fingerprint density at radius 2 is 2.18 bits per heavy atom. The summed E-state index contributed by atoms with van der Waals surface area (Å²) < 4.78 is 0. The van der Waals surface area contributed by atoms with Gasteiger partial charge in [-0.05, 0) is 24.3 Å². The lowest BCUT2D eigenvalue weighted by atomic mass is 10.2. The van der Waals surface area contributed by atoms with Crippen molar-refractivity contribution >= 4 is 23.7 Å². The van der Waals surface area contributed by atoms with Crippen LogP contribution in [0.15, 0.2) is 36.4 Å². The van der Waals surface area contributed by atoms with Crippen LogP contribution in [-0.4, -0.2) is 35.4 Å². The lowest BCUT2D eigenvalue weighted by Crippen LogP contribution is -2.27. The van der Waals surface area contributed by atoms with Gasteiger partial charge in [-0.2, -0.15) is 11.8 Å². The summed E-state index contributed by atoms with van der Waals surface area (Å²) in [4.78, 5) is 13.8. The van der Waals surface area contributed by atoms with Crippen molar-refractivity contribution in [2.45, 2.75) is 11.7 Å². The monoisotopic (exact) mass is 247 g/mol. The molecule has 17 heavy (non-hydrogen) atoms. The third-order valence-electron chi connectivity index (χ3n) is 3.01. The molecule has 1 aromatic carbocycles. The Morgan fingerprint density at radius 3 is 2.82 bits per heavy atom. The molecule has 1 aliphatic heterocycles. The third kappa shape index (κ3) is 3.37. The van der Waals surface area contributed by atoms with E-state index in [1.165, 1.54) is 0 Å². The summed E-state index contributed by atoms with van der Waals surface area (Å²) >= 11 is 1.85. The van der Waals surface area contributed by atoms with E-state index in [2.05, 4.69) is 6.26 Å². The Kier molecular flexibility index (Phi) is 4.26. The van der Waals surface area contributed by atoms with Crippen molar-refractivity contribution < 1.29 is 4.79 Å². The van der Waals surface area contributed by atoms with Crippen LogP contribution in [0.25, 0.3) is 6.08 Å². The van der Waals surface area contributed by atoms with Crippen LogP contribution in [0.4, 0.5) is 0 Å². The van der Waals surface area contributed by atoms with Gasteiger partial charge in [0.25, 0.3) is 0 Å². The van der Waals surface area contributed by atoms with Gasteiger partial charge in [-0.25, -0.2) is 0 Å². The van der Waals surface area contributed by atoms with Gasteiger partial charge in [0.05, 0.1) is 0 Å². The largest absolute Gasteiger partial charge is 0.338 e. The van der Waals surface area contributed by atoms with Gasteiger partial charge in [-0.3, -0.25) is 4.79 Å². The summed E-state index contributed by atoms with van der Waals surface area (Å²) in [6.45, 7) is 1.78. The number of carbonyl (C=O) groups is 1. The fourth-order valence-electron chi connectivity index (χ4n) is 1.96. The lowest BCUT2D eigenvalue weighted by Gasteiger charge is -2.13. The van der Waals surface area contributed by atoms with E-state index in [-0.39, 0.29) is 5.91 Å². The van der Waals surface area contributed by atoms with Crippen molar-refractivity contribution in [1.82, 2.24) is 4.90 Å². The van der Waals surface area contributed by atoms with E-state index in [1.54, 1.807) is 6.08 Å². The molecule has 0 N–H and O–H groups in total. The first-order valence-corrected chi connectivity index (χ1v) is 7.13. The second-order valence-corrected chi connectivity index (χ2v) is 5.31. The highest BCUT2D eigenvalue weighted by atomic mass is 32.2. The zero-order valence-corrected chi connectivity index (χ0v) is 10.8. The van der Waals surface area contributed by atoms with Crippen molar-refractivity contribution in [3.63, 3.8) is 0 Å². The average molecular weight is 247 g/mol. The summed E-state index contributed by atoms with van der Waals surface area (Å²) in [5.74, 6) is 0.130. The van der Waals surface area contributed by atoms with Crippen molar-refractivity contribution in [1.29, 1.82) is 0 Å². The Labute approximate surface area is 107 Å². The van der Waals surface area contributed by atoms with E-state index in [9.17, 15) is 4.79 Å². The highest BCUT2D eigenvalue weighted by molar-refractivity contribution is 7.99. The molecule has 1 amide bonds. The minimum Gasteiger partial charge on any atom is -0.338 e. The molecule has 0 bridgehead atoms. The minimum atomic E-state index is 0.130. The van der Waals surface area contributed by atoms with Crippen LogP contribution in [0.1, 0.15) is 12.0 Å².